The normalized spacial score (nSPS) is 32.9. The summed E-state index contributed by atoms with van der Waals surface area (Å²) in [6.07, 6.45) is -3.45. The van der Waals surface area contributed by atoms with E-state index in [4.69, 9.17) is 18.9 Å². The summed E-state index contributed by atoms with van der Waals surface area (Å²) in [7, 11) is 0. The van der Waals surface area contributed by atoms with Crippen LogP contribution in [-0.2, 0) is 28.6 Å². The van der Waals surface area contributed by atoms with E-state index in [1.54, 1.807) is 20.8 Å². The van der Waals surface area contributed by atoms with Gasteiger partial charge in [-0.1, -0.05) is 0 Å². The summed E-state index contributed by atoms with van der Waals surface area (Å²) in [5.41, 5.74) is -0.672. The summed E-state index contributed by atoms with van der Waals surface area (Å²) < 4.78 is 21.8. The topological polar surface area (TPSA) is 127 Å². The average molecular weight is 406 g/mol. The number of fused-ring (bicyclic) bond motifs is 1. The predicted molar refractivity (Wildman–Crippen MR) is 90.4 cm³/mol. The highest BCUT2D eigenvalue weighted by Crippen LogP contribution is 2.32. The molecule has 0 bridgehead atoms. The van der Waals surface area contributed by atoms with Gasteiger partial charge in [0.2, 0.25) is 0 Å². The minimum Gasteiger partial charge on any atom is -0.455 e. The summed E-state index contributed by atoms with van der Waals surface area (Å²) in [5.74, 6) is 0.146. The third kappa shape index (κ3) is 4.55. The number of carbonyl (C=O) groups is 2. The van der Waals surface area contributed by atoms with E-state index in [2.05, 4.69) is 4.84 Å². The highest BCUT2D eigenvalue weighted by Gasteiger charge is 2.52. The van der Waals surface area contributed by atoms with Crippen LogP contribution < -0.4 is 0 Å². The van der Waals surface area contributed by atoms with Crippen LogP contribution in [0, 0.1) is 10.1 Å². The Morgan fingerprint density at radius 3 is 2.44 bits per heavy atom. The fraction of sp³-hybridized carbons (Fsp3) is 0.867. The fourth-order valence-electron chi connectivity index (χ4n) is 3.10. The van der Waals surface area contributed by atoms with E-state index in [1.165, 1.54) is 16.7 Å². The van der Waals surface area contributed by atoms with E-state index in [0.29, 0.717) is 11.6 Å². The molecule has 0 radical (unpaired) electrons. The first-order valence-corrected chi connectivity index (χ1v) is 9.63. The number of amides is 1. The largest absolute Gasteiger partial charge is 0.455 e. The smallest absolute Gasteiger partial charge is 0.411 e. The van der Waals surface area contributed by atoms with Crippen LogP contribution >= 0.6 is 11.8 Å². The van der Waals surface area contributed by atoms with E-state index < -0.39 is 53.2 Å². The van der Waals surface area contributed by atoms with Crippen LogP contribution in [-0.4, -0.2) is 83.0 Å². The number of esters is 1. The Kier molecular flexibility index (Phi) is 5.68. The zero-order valence-electron chi connectivity index (χ0n) is 15.2. The van der Waals surface area contributed by atoms with Crippen LogP contribution in [0.3, 0.4) is 0 Å². The van der Waals surface area contributed by atoms with Gasteiger partial charge in [0.1, 0.15) is 23.9 Å². The molecule has 0 saturated carbocycles. The minimum absolute atomic E-state index is 0.0202. The molecule has 0 spiro atoms. The van der Waals surface area contributed by atoms with Gasteiger partial charge >= 0.3 is 12.1 Å². The Morgan fingerprint density at radius 2 is 1.81 bits per heavy atom. The Morgan fingerprint density at radius 1 is 1.19 bits per heavy atom. The molecule has 12 heteroatoms. The number of ether oxygens (including phenoxy) is 4. The summed E-state index contributed by atoms with van der Waals surface area (Å²) in [6.45, 7) is 5.27. The van der Waals surface area contributed by atoms with Crippen molar-refractivity contribution in [1.82, 2.24) is 4.90 Å². The quantitative estimate of drug-likeness (QED) is 0.372. The molecule has 152 valence electrons. The molecule has 0 aliphatic carbocycles. The third-order valence-electron chi connectivity index (χ3n) is 4.23. The van der Waals surface area contributed by atoms with Crippen molar-refractivity contribution in [2.75, 3.05) is 24.8 Å². The minimum atomic E-state index is -0.895. The van der Waals surface area contributed by atoms with Gasteiger partial charge in [-0.2, -0.15) is 0 Å². The molecule has 3 aliphatic rings. The van der Waals surface area contributed by atoms with Crippen molar-refractivity contribution in [1.29, 1.82) is 0 Å². The van der Waals surface area contributed by atoms with Gasteiger partial charge in [0.25, 0.3) is 5.09 Å². The van der Waals surface area contributed by atoms with Crippen LogP contribution in [0.15, 0.2) is 0 Å². The summed E-state index contributed by atoms with van der Waals surface area (Å²) in [4.78, 5) is 41.3. The van der Waals surface area contributed by atoms with Crippen molar-refractivity contribution in [3.63, 3.8) is 0 Å². The first kappa shape index (κ1) is 20.0. The molecule has 0 aromatic heterocycles. The lowest BCUT2D eigenvalue weighted by atomic mass is 10.1. The van der Waals surface area contributed by atoms with Gasteiger partial charge in [0.05, 0.1) is 19.1 Å². The van der Waals surface area contributed by atoms with Gasteiger partial charge in [-0.25, -0.2) is 9.59 Å². The first-order chi connectivity index (χ1) is 12.7. The van der Waals surface area contributed by atoms with Crippen LogP contribution in [0.2, 0.25) is 0 Å². The number of rotatable bonds is 4. The molecular formula is C15H22N2O9S. The van der Waals surface area contributed by atoms with Crippen LogP contribution in [0.4, 0.5) is 4.79 Å². The van der Waals surface area contributed by atoms with E-state index >= 15 is 0 Å². The summed E-state index contributed by atoms with van der Waals surface area (Å²) >= 11 is 1.42. The van der Waals surface area contributed by atoms with Crippen molar-refractivity contribution >= 4 is 23.8 Å². The second kappa shape index (κ2) is 7.68. The van der Waals surface area contributed by atoms with Crippen molar-refractivity contribution in [3.05, 3.63) is 10.1 Å². The lowest BCUT2D eigenvalue weighted by Gasteiger charge is -2.28. The fourth-order valence-corrected chi connectivity index (χ4v) is 4.22. The molecule has 0 aromatic carbocycles. The molecule has 3 rings (SSSR count). The van der Waals surface area contributed by atoms with Crippen molar-refractivity contribution in [2.45, 2.75) is 56.8 Å². The Labute approximate surface area is 159 Å². The maximum atomic E-state index is 12.6. The Bertz CT molecular complexity index is 611. The second-order valence-corrected chi connectivity index (χ2v) is 8.40. The van der Waals surface area contributed by atoms with Gasteiger partial charge in [0.15, 0.2) is 12.2 Å². The zero-order valence-corrected chi connectivity index (χ0v) is 16.0. The number of carbonyl (C=O) groups excluding carboxylic acids is 2. The maximum Gasteiger partial charge on any atom is 0.411 e. The maximum absolute atomic E-state index is 12.6. The van der Waals surface area contributed by atoms with Crippen molar-refractivity contribution in [2.24, 2.45) is 0 Å². The molecule has 27 heavy (non-hydrogen) atoms. The zero-order chi connectivity index (χ0) is 19.8. The number of thioether (sulfide) groups is 1. The second-order valence-electron chi connectivity index (χ2n) is 7.40. The number of hydrogen-bond donors (Lipinski definition) is 0. The lowest BCUT2D eigenvalue weighted by molar-refractivity contribution is -0.769. The first-order valence-electron chi connectivity index (χ1n) is 8.48. The van der Waals surface area contributed by atoms with E-state index in [-0.39, 0.29) is 13.2 Å². The van der Waals surface area contributed by atoms with E-state index in [9.17, 15) is 19.7 Å². The number of hydrogen-bond acceptors (Lipinski definition) is 10. The van der Waals surface area contributed by atoms with Gasteiger partial charge in [-0.3, -0.25) is 4.90 Å². The summed E-state index contributed by atoms with van der Waals surface area (Å²) in [6, 6.07) is -0.767. The highest BCUT2D eigenvalue weighted by molar-refractivity contribution is 7.99. The number of nitrogens with zero attached hydrogens (tertiary/aromatic N) is 2. The third-order valence-corrected chi connectivity index (χ3v) is 5.25. The molecule has 3 aliphatic heterocycles. The Hall–Kier alpha value is -1.79. The molecule has 0 unspecified atom stereocenters. The molecule has 5 atom stereocenters. The van der Waals surface area contributed by atoms with Gasteiger partial charge in [0, 0.05) is 5.75 Å². The summed E-state index contributed by atoms with van der Waals surface area (Å²) in [5, 5.41) is 9.62. The average Bonchev–Trinajstić information content (AvgIpc) is 3.23. The molecule has 0 aromatic rings. The Balaban J connectivity index is 1.57. The van der Waals surface area contributed by atoms with E-state index in [1.807, 2.05) is 0 Å². The molecule has 3 heterocycles. The molecule has 3 fully saturated rings. The molecule has 1 amide bonds. The SMILES string of the molecule is CC(C)(C)OC(=O)N1CSC[C@@H]1C(=O)O[C@H]1CO[C@H]2[C@@H]1OC[C@H]2O[N+](=O)[O-]. The lowest BCUT2D eigenvalue weighted by Crippen LogP contribution is -2.47. The van der Waals surface area contributed by atoms with E-state index in [0.717, 1.165) is 0 Å². The predicted octanol–water partition coefficient (Wildman–Crippen LogP) is 0.583. The molecule has 3 saturated heterocycles. The standard InChI is InChI=1S/C15H22N2O9S/c1-15(2,3)25-14(19)16-7-27-6-8(16)13(18)24-9-4-22-12-10(26-17(20)21)5-23-11(9)12/h8-12H,4-7H2,1-3H3/t8-,9+,10-,11-,12-/m1/s1. The van der Waals surface area contributed by atoms with Crippen molar-refractivity contribution < 1.29 is 38.5 Å². The van der Waals surface area contributed by atoms with Crippen molar-refractivity contribution in [3.8, 4) is 0 Å². The highest BCUT2D eigenvalue weighted by atomic mass is 32.2. The molecule has 11 nitrogen and oxygen atoms in total. The monoisotopic (exact) mass is 406 g/mol. The van der Waals surface area contributed by atoms with Crippen LogP contribution in [0.25, 0.3) is 0 Å². The molecular weight excluding hydrogens is 384 g/mol. The van der Waals surface area contributed by atoms with Gasteiger partial charge in [-0.05, 0) is 20.8 Å². The molecule has 0 N–H and O–H groups in total. The van der Waals surface area contributed by atoms with Crippen LogP contribution in [0.1, 0.15) is 20.8 Å². The van der Waals surface area contributed by atoms with Gasteiger partial charge in [-0.15, -0.1) is 21.9 Å². The van der Waals surface area contributed by atoms with Crippen LogP contribution in [0.5, 0.6) is 0 Å². The van der Waals surface area contributed by atoms with Gasteiger partial charge < -0.3 is 23.8 Å².